The lowest BCUT2D eigenvalue weighted by molar-refractivity contribution is 0.0938. The molecule has 6 nitrogen and oxygen atoms in total. The van der Waals surface area contributed by atoms with Crippen LogP contribution in [0.15, 0.2) is 41.3 Å². The summed E-state index contributed by atoms with van der Waals surface area (Å²) >= 11 is 0. The largest absolute Gasteiger partial charge is 0.490 e. The Hall–Kier alpha value is -2.76. The van der Waals surface area contributed by atoms with Crippen LogP contribution in [-0.2, 0) is 0 Å². The number of carbonyl (C=O) groups is 1. The summed E-state index contributed by atoms with van der Waals surface area (Å²) in [4.78, 5) is 26.4. The normalized spacial score (nSPS) is 14.7. The van der Waals surface area contributed by atoms with Gasteiger partial charge in [0.1, 0.15) is 5.56 Å². The van der Waals surface area contributed by atoms with Crippen LogP contribution in [0.2, 0.25) is 0 Å². The van der Waals surface area contributed by atoms with Gasteiger partial charge in [-0.15, -0.1) is 0 Å². The van der Waals surface area contributed by atoms with Crippen LogP contribution in [0.25, 0.3) is 0 Å². The molecule has 120 valence electrons. The molecule has 6 heteroatoms. The van der Waals surface area contributed by atoms with Crippen molar-refractivity contribution in [2.45, 2.75) is 19.4 Å². The first-order valence-corrected chi connectivity index (χ1v) is 7.53. The first-order chi connectivity index (χ1) is 11.1. The summed E-state index contributed by atoms with van der Waals surface area (Å²) in [5.41, 5.74) is 0.569. The summed E-state index contributed by atoms with van der Waals surface area (Å²) in [7, 11) is 0. The number of ether oxygens (including phenoxy) is 2. The van der Waals surface area contributed by atoms with Crippen LogP contribution in [-0.4, -0.2) is 24.1 Å². The average Bonchev–Trinajstić information content (AvgIpc) is 2.79. The highest BCUT2D eigenvalue weighted by atomic mass is 16.5. The third-order valence-electron chi connectivity index (χ3n) is 3.68. The molecule has 2 aromatic rings. The summed E-state index contributed by atoms with van der Waals surface area (Å²) < 4.78 is 11.2. The Bertz CT molecular complexity index is 769. The second kappa shape index (κ2) is 6.56. The van der Waals surface area contributed by atoms with Crippen LogP contribution >= 0.6 is 0 Å². The molecule has 1 aliphatic rings. The number of amides is 1. The van der Waals surface area contributed by atoms with Crippen molar-refractivity contribution in [1.82, 2.24) is 10.3 Å². The van der Waals surface area contributed by atoms with E-state index in [0.29, 0.717) is 24.7 Å². The Morgan fingerprint density at radius 2 is 2.00 bits per heavy atom. The molecule has 0 bridgehead atoms. The van der Waals surface area contributed by atoms with E-state index in [0.717, 1.165) is 12.0 Å². The van der Waals surface area contributed by atoms with Gasteiger partial charge in [0, 0.05) is 12.6 Å². The van der Waals surface area contributed by atoms with E-state index in [2.05, 4.69) is 10.3 Å². The maximum absolute atomic E-state index is 12.2. The van der Waals surface area contributed by atoms with Gasteiger partial charge in [-0.25, -0.2) is 0 Å². The van der Waals surface area contributed by atoms with Crippen molar-refractivity contribution in [3.8, 4) is 11.5 Å². The predicted octanol–water partition coefficient (Wildman–Crippen LogP) is 2.03. The van der Waals surface area contributed by atoms with Crippen molar-refractivity contribution >= 4 is 5.91 Å². The van der Waals surface area contributed by atoms with Gasteiger partial charge in [0.15, 0.2) is 11.5 Å². The highest BCUT2D eigenvalue weighted by Gasteiger charge is 2.17. The van der Waals surface area contributed by atoms with Crippen molar-refractivity contribution in [1.29, 1.82) is 0 Å². The molecule has 1 aromatic heterocycles. The standard InChI is InChI=1S/C17H18N2O4/c1-11(19-17(21)13-4-2-7-18-16(13)20)12-5-6-14-15(10-12)23-9-3-8-22-14/h2,4-7,10-11H,3,8-9H2,1H3,(H,18,20)(H,19,21)/t11-/m0/s1. The molecule has 2 heterocycles. The molecule has 0 unspecified atom stereocenters. The average molecular weight is 314 g/mol. The zero-order valence-corrected chi connectivity index (χ0v) is 12.8. The Morgan fingerprint density at radius 1 is 1.22 bits per heavy atom. The van der Waals surface area contributed by atoms with Gasteiger partial charge in [-0.3, -0.25) is 9.59 Å². The third-order valence-corrected chi connectivity index (χ3v) is 3.68. The Kier molecular flexibility index (Phi) is 4.32. The molecule has 2 N–H and O–H groups in total. The van der Waals surface area contributed by atoms with E-state index in [4.69, 9.17) is 9.47 Å². The minimum absolute atomic E-state index is 0.0914. The number of hydrogen-bond donors (Lipinski definition) is 2. The first-order valence-electron chi connectivity index (χ1n) is 7.53. The number of carbonyl (C=O) groups excluding carboxylic acids is 1. The van der Waals surface area contributed by atoms with Crippen LogP contribution in [0.4, 0.5) is 0 Å². The number of aromatic nitrogens is 1. The third kappa shape index (κ3) is 3.36. The number of pyridine rings is 1. The van der Waals surface area contributed by atoms with E-state index >= 15 is 0 Å². The smallest absolute Gasteiger partial charge is 0.260 e. The van der Waals surface area contributed by atoms with Gasteiger partial charge in [0.2, 0.25) is 0 Å². The van der Waals surface area contributed by atoms with Gasteiger partial charge in [-0.2, -0.15) is 0 Å². The van der Waals surface area contributed by atoms with Gasteiger partial charge in [-0.1, -0.05) is 6.07 Å². The van der Waals surface area contributed by atoms with Gasteiger partial charge in [-0.05, 0) is 36.8 Å². The summed E-state index contributed by atoms with van der Waals surface area (Å²) in [6, 6.07) is 8.44. The van der Waals surface area contributed by atoms with Crippen molar-refractivity contribution in [2.75, 3.05) is 13.2 Å². The van der Waals surface area contributed by atoms with Crippen LogP contribution < -0.4 is 20.3 Å². The Balaban J connectivity index is 1.77. The number of benzene rings is 1. The zero-order valence-electron chi connectivity index (χ0n) is 12.8. The fourth-order valence-corrected chi connectivity index (χ4v) is 2.41. The first kappa shape index (κ1) is 15.1. The maximum Gasteiger partial charge on any atom is 0.260 e. The second-order valence-electron chi connectivity index (χ2n) is 5.36. The minimum Gasteiger partial charge on any atom is -0.490 e. The molecule has 0 radical (unpaired) electrons. The number of nitrogens with one attached hydrogen (secondary N) is 2. The molecule has 1 aliphatic heterocycles. The molecule has 0 saturated heterocycles. The summed E-state index contributed by atoms with van der Waals surface area (Å²) in [6.45, 7) is 3.10. The monoisotopic (exact) mass is 314 g/mol. The lowest BCUT2D eigenvalue weighted by atomic mass is 10.1. The Labute approximate surface area is 133 Å². The number of aromatic amines is 1. The molecule has 0 fully saturated rings. The van der Waals surface area contributed by atoms with Crippen molar-refractivity contribution < 1.29 is 14.3 Å². The van der Waals surface area contributed by atoms with E-state index in [-0.39, 0.29) is 11.6 Å². The van der Waals surface area contributed by atoms with Crippen LogP contribution in [0, 0.1) is 0 Å². The molecule has 1 aromatic carbocycles. The number of rotatable bonds is 3. The van der Waals surface area contributed by atoms with Crippen molar-refractivity contribution in [3.63, 3.8) is 0 Å². The molecule has 3 rings (SSSR count). The van der Waals surface area contributed by atoms with E-state index in [9.17, 15) is 9.59 Å². The van der Waals surface area contributed by atoms with Gasteiger partial charge in [0.25, 0.3) is 11.5 Å². The van der Waals surface area contributed by atoms with Crippen molar-refractivity contribution in [3.05, 3.63) is 58.0 Å². The SMILES string of the molecule is C[C@H](NC(=O)c1ccc[nH]c1=O)c1ccc2c(c1)OCCCO2. The quantitative estimate of drug-likeness (QED) is 0.908. The number of H-pyrrole nitrogens is 1. The fraction of sp³-hybridized carbons (Fsp3) is 0.294. The Morgan fingerprint density at radius 3 is 2.78 bits per heavy atom. The molecule has 0 aliphatic carbocycles. The van der Waals surface area contributed by atoms with Crippen LogP contribution in [0.3, 0.4) is 0 Å². The van der Waals surface area contributed by atoms with Crippen LogP contribution in [0.5, 0.6) is 11.5 Å². The van der Waals surface area contributed by atoms with E-state index in [1.54, 1.807) is 6.07 Å². The topological polar surface area (TPSA) is 80.4 Å². The molecule has 23 heavy (non-hydrogen) atoms. The summed E-state index contributed by atoms with van der Waals surface area (Å²) in [6.07, 6.45) is 2.33. The number of fused-ring (bicyclic) bond motifs is 1. The second-order valence-corrected chi connectivity index (χ2v) is 5.36. The maximum atomic E-state index is 12.2. The van der Waals surface area contributed by atoms with Crippen LogP contribution in [0.1, 0.15) is 35.3 Å². The predicted molar refractivity (Wildman–Crippen MR) is 85.0 cm³/mol. The van der Waals surface area contributed by atoms with Gasteiger partial charge in [0.05, 0.1) is 19.3 Å². The highest BCUT2D eigenvalue weighted by Crippen LogP contribution is 2.32. The van der Waals surface area contributed by atoms with E-state index in [1.165, 1.54) is 12.3 Å². The molecular weight excluding hydrogens is 296 g/mol. The summed E-state index contributed by atoms with van der Waals surface area (Å²) in [5, 5.41) is 2.82. The van der Waals surface area contributed by atoms with E-state index in [1.807, 2.05) is 25.1 Å². The lowest BCUT2D eigenvalue weighted by Crippen LogP contribution is -2.31. The van der Waals surface area contributed by atoms with Gasteiger partial charge >= 0.3 is 0 Å². The minimum atomic E-state index is -0.411. The number of hydrogen-bond acceptors (Lipinski definition) is 4. The van der Waals surface area contributed by atoms with Crippen molar-refractivity contribution in [2.24, 2.45) is 0 Å². The molecule has 1 atom stereocenters. The lowest BCUT2D eigenvalue weighted by Gasteiger charge is -2.16. The highest BCUT2D eigenvalue weighted by molar-refractivity contribution is 5.94. The zero-order chi connectivity index (χ0) is 16.2. The molecular formula is C17H18N2O4. The fourth-order valence-electron chi connectivity index (χ4n) is 2.41. The molecule has 0 saturated carbocycles. The van der Waals surface area contributed by atoms with Gasteiger partial charge < -0.3 is 19.8 Å². The summed E-state index contributed by atoms with van der Waals surface area (Å²) in [5.74, 6) is 0.981. The van der Waals surface area contributed by atoms with E-state index < -0.39 is 11.5 Å². The molecule has 0 spiro atoms. The molecule has 1 amide bonds.